The molecule has 0 radical (unpaired) electrons. The fourth-order valence-corrected chi connectivity index (χ4v) is 8.39. The third-order valence-electron chi connectivity index (χ3n) is 10.6. The van der Waals surface area contributed by atoms with Crippen LogP contribution in [0.3, 0.4) is 0 Å². The molecule has 0 fully saturated rings. The highest BCUT2D eigenvalue weighted by Crippen LogP contribution is 2.53. The van der Waals surface area contributed by atoms with Gasteiger partial charge in [0.25, 0.3) is 0 Å². The lowest BCUT2D eigenvalue weighted by molar-refractivity contribution is 0.880. The summed E-state index contributed by atoms with van der Waals surface area (Å²) in [6.45, 7) is 0. The number of anilines is 3. The summed E-state index contributed by atoms with van der Waals surface area (Å²) in [5.41, 5.74) is 16.1. The van der Waals surface area contributed by atoms with Crippen LogP contribution < -0.4 is 4.90 Å². The molecular formula is C47H30N4. The molecule has 2 aliphatic rings. The Labute approximate surface area is 295 Å². The molecule has 0 saturated carbocycles. The Hall–Kier alpha value is -6.78. The van der Waals surface area contributed by atoms with Crippen molar-refractivity contribution in [3.8, 4) is 39.3 Å². The number of para-hydroxylation sites is 4. The molecule has 238 valence electrons. The van der Waals surface area contributed by atoms with Crippen LogP contribution >= 0.6 is 0 Å². The van der Waals surface area contributed by atoms with E-state index >= 15 is 0 Å². The maximum absolute atomic E-state index is 5.35. The molecule has 0 saturated heterocycles. The van der Waals surface area contributed by atoms with Crippen LogP contribution in [-0.4, -0.2) is 14.5 Å². The number of benzene rings is 7. The number of aromatic nitrogens is 3. The second-order valence-corrected chi connectivity index (χ2v) is 13.4. The van der Waals surface area contributed by atoms with Gasteiger partial charge in [0, 0.05) is 27.6 Å². The standard InChI is InChI=1S/C47H30N4/c1-4-15-30(16-5-1)39-29-40(31-17-6-2-7-18-31)49-47(48-39)45-34-22-11-10-21-33(34)36-28-44-37(27-38(36)45)35-23-14-26-43-46(35)51(44)42-25-13-12-24-41(42)50(43)32-19-8-3-9-20-32/h1-29,45H. The molecule has 4 heteroatoms. The van der Waals surface area contributed by atoms with Gasteiger partial charge in [-0.15, -0.1) is 0 Å². The molecule has 51 heavy (non-hydrogen) atoms. The van der Waals surface area contributed by atoms with Crippen molar-refractivity contribution in [2.75, 3.05) is 4.90 Å². The van der Waals surface area contributed by atoms with Crippen molar-refractivity contribution in [2.45, 2.75) is 5.92 Å². The zero-order valence-corrected chi connectivity index (χ0v) is 27.6. The average molecular weight is 651 g/mol. The highest BCUT2D eigenvalue weighted by atomic mass is 15.2. The summed E-state index contributed by atoms with van der Waals surface area (Å²) in [6.07, 6.45) is 0. The minimum Gasteiger partial charge on any atom is -0.306 e. The molecule has 1 unspecified atom stereocenters. The fourth-order valence-electron chi connectivity index (χ4n) is 8.39. The Morgan fingerprint density at radius 1 is 0.431 bits per heavy atom. The van der Waals surface area contributed by atoms with Crippen LogP contribution in [0, 0.1) is 0 Å². The molecule has 1 aliphatic heterocycles. The van der Waals surface area contributed by atoms with Crippen LogP contribution in [0.5, 0.6) is 0 Å². The largest absolute Gasteiger partial charge is 0.306 e. The monoisotopic (exact) mass is 650 g/mol. The molecule has 7 aromatic carbocycles. The Morgan fingerprint density at radius 3 is 1.76 bits per heavy atom. The maximum Gasteiger partial charge on any atom is 0.141 e. The fraction of sp³-hybridized carbons (Fsp3) is 0.0213. The minimum absolute atomic E-state index is 0.119. The number of hydrogen-bond donors (Lipinski definition) is 0. The van der Waals surface area contributed by atoms with Gasteiger partial charge in [0.15, 0.2) is 0 Å². The normalized spacial score (nSPS) is 14.0. The lowest BCUT2D eigenvalue weighted by Crippen LogP contribution is -2.17. The van der Waals surface area contributed by atoms with Gasteiger partial charge in [-0.1, -0.05) is 127 Å². The smallest absolute Gasteiger partial charge is 0.141 e. The third-order valence-corrected chi connectivity index (χ3v) is 10.6. The van der Waals surface area contributed by atoms with Gasteiger partial charge >= 0.3 is 0 Å². The number of hydrogen-bond acceptors (Lipinski definition) is 3. The summed E-state index contributed by atoms with van der Waals surface area (Å²) in [6, 6.07) is 62.9. The Balaban J connectivity index is 1.19. The average Bonchev–Trinajstić information content (AvgIpc) is 3.71. The molecule has 9 aromatic rings. The SMILES string of the molecule is c1ccc(-c2cc(-c3ccccc3)nc(C3c4ccccc4-c4cc5c(cc43)c3cccc4c3n5-c3ccccc3N4c3ccccc3)n2)cc1. The molecule has 3 heterocycles. The van der Waals surface area contributed by atoms with Gasteiger partial charge in [-0.2, -0.15) is 0 Å². The first-order valence-corrected chi connectivity index (χ1v) is 17.5. The van der Waals surface area contributed by atoms with E-state index in [4.69, 9.17) is 9.97 Å². The summed E-state index contributed by atoms with van der Waals surface area (Å²) in [7, 11) is 0. The van der Waals surface area contributed by atoms with Crippen molar-refractivity contribution in [3.05, 3.63) is 193 Å². The van der Waals surface area contributed by atoms with Gasteiger partial charge in [0.2, 0.25) is 0 Å². The van der Waals surface area contributed by atoms with E-state index in [1.807, 2.05) is 0 Å². The molecule has 11 rings (SSSR count). The Morgan fingerprint density at radius 2 is 1.04 bits per heavy atom. The van der Waals surface area contributed by atoms with Crippen molar-refractivity contribution >= 4 is 38.9 Å². The molecule has 2 aromatic heterocycles. The number of rotatable bonds is 4. The van der Waals surface area contributed by atoms with E-state index in [1.165, 1.54) is 61.1 Å². The van der Waals surface area contributed by atoms with Crippen molar-refractivity contribution in [3.63, 3.8) is 0 Å². The summed E-state index contributed by atoms with van der Waals surface area (Å²) < 4.78 is 2.48. The van der Waals surface area contributed by atoms with Crippen LogP contribution in [0.15, 0.2) is 176 Å². The quantitative estimate of drug-likeness (QED) is 0.190. The van der Waals surface area contributed by atoms with Crippen molar-refractivity contribution in [2.24, 2.45) is 0 Å². The van der Waals surface area contributed by atoms with Crippen LogP contribution in [-0.2, 0) is 0 Å². The molecule has 0 bridgehead atoms. The number of nitrogens with zero attached hydrogens (tertiary/aromatic N) is 4. The van der Waals surface area contributed by atoms with E-state index in [2.05, 4.69) is 185 Å². The van der Waals surface area contributed by atoms with Gasteiger partial charge < -0.3 is 9.47 Å². The van der Waals surface area contributed by atoms with Crippen molar-refractivity contribution in [1.82, 2.24) is 14.5 Å². The molecule has 1 atom stereocenters. The highest BCUT2D eigenvalue weighted by molar-refractivity contribution is 6.17. The van der Waals surface area contributed by atoms with E-state index in [1.54, 1.807) is 0 Å². The molecule has 0 spiro atoms. The topological polar surface area (TPSA) is 34.0 Å². The van der Waals surface area contributed by atoms with Crippen LogP contribution in [0.1, 0.15) is 22.9 Å². The van der Waals surface area contributed by atoms with E-state index in [9.17, 15) is 0 Å². The lowest BCUT2D eigenvalue weighted by atomic mass is 9.94. The van der Waals surface area contributed by atoms with Gasteiger partial charge in [0.05, 0.1) is 45.4 Å². The molecule has 4 nitrogen and oxygen atoms in total. The first-order chi connectivity index (χ1) is 25.3. The zero-order chi connectivity index (χ0) is 33.5. The van der Waals surface area contributed by atoms with E-state index in [-0.39, 0.29) is 5.92 Å². The van der Waals surface area contributed by atoms with Crippen molar-refractivity contribution < 1.29 is 0 Å². The minimum atomic E-state index is -0.119. The first-order valence-electron chi connectivity index (χ1n) is 17.5. The summed E-state index contributed by atoms with van der Waals surface area (Å²) in [5, 5.41) is 2.47. The van der Waals surface area contributed by atoms with Gasteiger partial charge in [-0.05, 0) is 70.8 Å². The van der Waals surface area contributed by atoms with Crippen molar-refractivity contribution in [1.29, 1.82) is 0 Å². The lowest BCUT2D eigenvalue weighted by Gasteiger charge is -2.33. The second kappa shape index (κ2) is 10.9. The molecule has 0 amide bonds. The predicted octanol–water partition coefficient (Wildman–Crippen LogP) is 11.9. The van der Waals surface area contributed by atoms with Crippen LogP contribution in [0.2, 0.25) is 0 Å². The molecular weight excluding hydrogens is 621 g/mol. The molecule has 0 N–H and O–H groups in total. The summed E-state index contributed by atoms with van der Waals surface area (Å²) in [4.78, 5) is 13.1. The van der Waals surface area contributed by atoms with E-state index in [0.717, 1.165) is 34.0 Å². The second-order valence-electron chi connectivity index (χ2n) is 13.4. The summed E-state index contributed by atoms with van der Waals surface area (Å²) in [5.74, 6) is 0.696. The van der Waals surface area contributed by atoms with Gasteiger partial charge in [0.1, 0.15) is 5.82 Å². The highest BCUT2D eigenvalue weighted by Gasteiger charge is 2.35. The first kappa shape index (κ1) is 28.1. The molecule has 1 aliphatic carbocycles. The van der Waals surface area contributed by atoms with Crippen LogP contribution in [0.25, 0.3) is 61.1 Å². The van der Waals surface area contributed by atoms with Gasteiger partial charge in [-0.25, -0.2) is 9.97 Å². The Bertz CT molecular complexity index is 2750. The maximum atomic E-state index is 5.35. The zero-order valence-electron chi connectivity index (χ0n) is 27.6. The Kier molecular flexibility index (Phi) is 5.98. The van der Waals surface area contributed by atoms with Gasteiger partial charge in [-0.3, -0.25) is 0 Å². The number of fused-ring (bicyclic) bond motifs is 8. The predicted molar refractivity (Wildman–Crippen MR) is 208 cm³/mol. The third kappa shape index (κ3) is 4.14. The van der Waals surface area contributed by atoms with E-state index in [0.29, 0.717) is 0 Å². The van der Waals surface area contributed by atoms with E-state index < -0.39 is 0 Å². The summed E-state index contributed by atoms with van der Waals surface area (Å²) >= 11 is 0. The van der Waals surface area contributed by atoms with Crippen LogP contribution in [0.4, 0.5) is 17.1 Å².